The summed E-state index contributed by atoms with van der Waals surface area (Å²) in [7, 11) is 0. The fourth-order valence-corrected chi connectivity index (χ4v) is 2.47. The van der Waals surface area contributed by atoms with E-state index < -0.39 is 11.6 Å². The van der Waals surface area contributed by atoms with E-state index in [1.807, 2.05) is 0 Å². The molecule has 2 atom stereocenters. The number of rotatable bonds is 3. The van der Waals surface area contributed by atoms with Crippen LogP contribution in [0.15, 0.2) is 18.2 Å². The number of hydrogen-bond donors (Lipinski definition) is 1. The van der Waals surface area contributed by atoms with Crippen LogP contribution in [-0.4, -0.2) is 12.1 Å². The van der Waals surface area contributed by atoms with Gasteiger partial charge in [-0.25, -0.2) is 8.78 Å². The molecule has 1 N–H and O–H groups in total. The maximum absolute atomic E-state index is 13.7. The minimum atomic E-state index is -0.734. The van der Waals surface area contributed by atoms with Crippen LogP contribution >= 0.6 is 0 Å². The zero-order valence-electron chi connectivity index (χ0n) is 11.3. The fourth-order valence-electron chi connectivity index (χ4n) is 2.47. The van der Waals surface area contributed by atoms with E-state index in [0.29, 0.717) is 11.5 Å². The SMILES string of the molecule is CC(C)(C)NCC1CCC1c1cccc(F)c1F. The zero-order valence-corrected chi connectivity index (χ0v) is 11.3. The lowest BCUT2D eigenvalue weighted by molar-refractivity contribution is 0.220. The summed E-state index contributed by atoms with van der Waals surface area (Å²) in [5.41, 5.74) is 0.614. The third-order valence-electron chi connectivity index (χ3n) is 3.69. The van der Waals surface area contributed by atoms with Crippen molar-refractivity contribution in [3.05, 3.63) is 35.4 Å². The maximum atomic E-state index is 13.7. The first-order valence-corrected chi connectivity index (χ1v) is 6.57. The Hall–Kier alpha value is -0.960. The lowest BCUT2D eigenvalue weighted by Gasteiger charge is -2.39. The molecule has 1 saturated carbocycles. The van der Waals surface area contributed by atoms with Crippen molar-refractivity contribution in [3.63, 3.8) is 0 Å². The smallest absolute Gasteiger partial charge is 0.162 e. The van der Waals surface area contributed by atoms with Gasteiger partial charge in [-0.05, 0) is 63.6 Å². The van der Waals surface area contributed by atoms with Crippen LogP contribution in [0.1, 0.15) is 45.1 Å². The molecule has 1 aliphatic rings. The molecule has 0 radical (unpaired) electrons. The fraction of sp³-hybridized carbons (Fsp3) is 0.600. The molecule has 0 aliphatic heterocycles. The van der Waals surface area contributed by atoms with Gasteiger partial charge in [0.1, 0.15) is 0 Å². The first-order chi connectivity index (χ1) is 8.38. The normalized spacial score (nSPS) is 23.8. The molecular formula is C15H21F2N. The first kappa shape index (κ1) is 13.5. The van der Waals surface area contributed by atoms with E-state index in [9.17, 15) is 8.78 Å². The highest BCUT2D eigenvalue weighted by atomic mass is 19.2. The Labute approximate surface area is 108 Å². The highest BCUT2D eigenvalue weighted by molar-refractivity contribution is 5.25. The molecule has 100 valence electrons. The van der Waals surface area contributed by atoms with Crippen molar-refractivity contribution in [3.8, 4) is 0 Å². The van der Waals surface area contributed by atoms with Crippen LogP contribution in [-0.2, 0) is 0 Å². The molecule has 0 heterocycles. The van der Waals surface area contributed by atoms with Crippen LogP contribution in [0.3, 0.4) is 0 Å². The standard InChI is InChI=1S/C15H21F2N/c1-15(2,3)18-9-10-7-8-11(10)12-5-4-6-13(16)14(12)17/h4-6,10-11,18H,7-9H2,1-3H3. The summed E-state index contributed by atoms with van der Waals surface area (Å²) in [6.45, 7) is 7.21. The summed E-state index contributed by atoms with van der Waals surface area (Å²) in [4.78, 5) is 0. The van der Waals surface area contributed by atoms with Crippen molar-refractivity contribution >= 4 is 0 Å². The molecule has 1 fully saturated rings. The Balaban J connectivity index is 2.04. The lowest BCUT2D eigenvalue weighted by atomic mass is 9.69. The largest absolute Gasteiger partial charge is 0.312 e. The van der Waals surface area contributed by atoms with Crippen molar-refractivity contribution in [2.24, 2.45) is 5.92 Å². The van der Waals surface area contributed by atoms with Gasteiger partial charge in [0.15, 0.2) is 11.6 Å². The van der Waals surface area contributed by atoms with Crippen LogP contribution in [0, 0.1) is 17.6 Å². The Morgan fingerprint density at radius 2 is 1.94 bits per heavy atom. The Bertz CT molecular complexity index is 423. The molecule has 1 nitrogen and oxygen atoms in total. The number of nitrogens with one attached hydrogen (secondary N) is 1. The van der Waals surface area contributed by atoms with Gasteiger partial charge in [0, 0.05) is 5.54 Å². The van der Waals surface area contributed by atoms with E-state index in [1.165, 1.54) is 6.07 Å². The van der Waals surface area contributed by atoms with E-state index >= 15 is 0 Å². The van der Waals surface area contributed by atoms with Gasteiger partial charge in [-0.2, -0.15) is 0 Å². The average molecular weight is 253 g/mol. The van der Waals surface area contributed by atoms with Crippen molar-refractivity contribution in [1.82, 2.24) is 5.32 Å². The van der Waals surface area contributed by atoms with Gasteiger partial charge < -0.3 is 5.32 Å². The van der Waals surface area contributed by atoms with Crippen LogP contribution < -0.4 is 5.32 Å². The molecule has 2 rings (SSSR count). The van der Waals surface area contributed by atoms with Gasteiger partial charge in [0.25, 0.3) is 0 Å². The van der Waals surface area contributed by atoms with Gasteiger partial charge in [0.05, 0.1) is 0 Å². The van der Waals surface area contributed by atoms with Gasteiger partial charge in [-0.15, -0.1) is 0 Å². The minimum absolute atomic E-state index is 0.0701. The van der Waals surface area contributed by atoms with Gasteiger partial charge in [-0.1, -0.05) is 12.1 Å². The first-order valence-electron chi connectivity index (χ1n) is 6.57. The third-order valence-corrected chi connectivity index (χ3v) is 3.69. The molecule has 0 saturated heterocycles. The van der Waals surface area contributed by atoms with E-state index in [1.54, 1.807) is 12.1 Å². The van der Waals surface area contributed by atoms with Gasteiger partial charge in [0.2, 0.25) is 0 Å². The second-order valence-electron chi connectivity index (χ2n) is 6.22. The Morgan fingerprint density at radius 1 is 1.22 bits per heavy atom. The second kappa shape index (κ2) is 4.96. The quantitative estimate of drug-likeness (QED) is 0.863. The van der Waals surface area contributed by atoms with Gasteiger partial charge in [-0.3, -0.25) is 0 Å². The number of benzene rings is 1. The summed E-state index contributed by atoms with van der Waals surface area (Å²) in [6, 6.07) is 4.49. The predicted molar refractivity (Wildman–Crippen MR) is 69.6 cm³/mol. The van der Waals surface area contributed by atoms with Crippen molar-refractivity contribution in [2.45, 2.75) is 45.1 Å². The van der Waals surface area contributed by atoms with Crippen molar-refractivity contribution in [2.75, 3.05) is 6.54 Å². The number of halogens is 2. The zero-order chi connectivity index (χ0) is 13.3. The summed E-state index contributed by atoms with van der Waals surface area (Å²) >= 11 is 0. The van der Waals surface area contributed by atoms with Crippen LogP contribution in [0.2, 0.25) is 0 Å². The van der Waals surface area contributed by atoms with Crippen LogP contribution in [0.4, 0.5) is 8.78 Å². The Kier molecular flexibility index (Phi) is 3.71. The van der Waals surface area contributed by atoms with E-state index in [2.05, 4.69) is 26.1 Å². The molecule has 18 heavy (non-hydrogen) atoms. The molecule has 1 aromatic rings. The molecular weight excluding hydrogens is 232 g/mol. The molecule has 0 aromatic heterocycles. The second-order valence-corrected chi connectivity index (χ2v) is 6.22. The minimum Gasteiger partial charge on any atom is -0.312 e. The lowest BCUT2D eigenvalue weighted by Crippen LogP contribution is -2.43. The molecule has 1 aliphatic carbocycles. The molecule has 0 amide bonds. The number of hydrogen-bond acceptors (Lipinski definition) is 1. The Morgan fingerprint density at radius 3 is 2.50 bits per heavy atom. The summed E-state index contributed by atoms with van der Waals surface area (Å²) in [5, 5.41) is 3.44. The summed E-state index contributed by atoms with van der Waals surface area (Å²) in [6.07, 6.45) is 2.04. The highest BCUT2D eigenvalue weighted by Gasteiger charge is 2.34. The van der Waals surface area contributed by atoms with Crippen molar-refractivity contribution in [1.29, 1.82) is 0 Å². The average Bonchev–Trinajstić information content (AvgIpc) is 2.21. The summed E-state index contributed by atoms with van der Waals surface area (Å²) in [5.74, 6) is -0.819. The summed E-state index contributed by atoms with van der Waals surface area (Å²) < 4.78 is 26.9. The highest BCUT2D eigenvalue weighted by Crippen LogP contribution is 2.43. The van der Waals surface area contributed by atoms with Crippen LogP contribution in [0.25, 0.3) is 0 Å². The third kappa shape index (κ3) is 2.89. The molecule has 3 heteroatoms. The van der Waals surface area contributed by atoms with Crippen LogP contribution in [0.5, 0.6) is 0 Å². The molecule has 0 spiro atoms. The molecule has 1 aromatic carbocycles. The van der Waals surface area contributed by atoms with E-state index in [-0.39, 0.29) is 11.5 Å². The van der Waals surface area contributed by atoms with E-state index in [4.69, 9.17) is 0 Å². The van der Waals surface area contributed by atoms with Crippen molar-refractivity contribution < 1.29 is 8.78 Å². The van der Waals surface area contributed by atoms with Gasteiger partial charge >= 0.3 is 0 Å². The topological polar surface area (TPSA) is 12.0 Å². The monoisotopic (exact) mass is 253 g/mol. The van der Waals surface area contributed by atoms with E-state index in [0.717, 1.165) is 19.4 Å². The maximum Gasteiger partial charge on any atom is 0.162 e. The molecule has 2 unspecified atom stereocenters. The molecule has 0 bridgehead atoms. The predicted octanol–water partition coefficient (Wildman–Crippen LogP) is 3.85.